The van der Waals surface area contributed by atoms with Crippen LogP contribution in [-0.4, -0.2) is 9.55 Å². The molecule has 2 aliphatic rings. The van der Waals surface area contributed by atoms with Gasteiger partial charge in [0.25, 0.3) is 5.79 Å². The molecule has 0 bridgehead atoms. The molecular formula is C33H30ClFN2O2. The predicted molar refractivity (Wildman–Crippen MR) is 152 cm³/mol. The van der Waals surface area contributed by atoms with Gasteiger partial charge in [-0.2, -0.15) is 0 Å². The molecule has 3 aromatic carbocycles. The summed E-state index contributed by atoms with van der Waals surface area (Å²) in [4.78, 5) is 4.34. The fourth-order valence-corrected chi connectivity index (χ4v) is 5.76. The maximum Gasteiger partial charge on any atom is 0.278 e. The minimum atomic E-state index is -1.28. The van der Waals surface area contributed by atoms with Gasteiger partial charge in [-0.3, -0.25) is 0 Å². The van der Waals surface area contributed by atoms with Crippen LogP contribution in [0.5, 0.6) is 11.5 Å². The van der Waals surface area contributed by atoms with E-state index in [9.17, 15) is 4.39 Å². The summed E-state index contributed by atoms with van der Waals surface area (Å²) in [7, 11) is 0. The Hall–Kier alpha value is -3.83. The lowest BCUT2D eigenvalue weighted by atomic mass is 9.81. The summed E-state index contributed by atoms with van der Waals surface area (Å²) in [5.74, 6) is 0.277. The third kappa shape index (κ3) is 4.99. The van der Waals surface area contributed by atoms with Crippen molar-refractivity contribution in [2.24, 2.45) is 11.8 Å². The second-order valence-corrected chi connectivity index (χ2v) is 10.7. The number of ether oxygens (including phenoxy) is 2. The highest BCUT2D eigenvalue weighted by atomic mass is 35.5. The molecule has 0 N–H and O–H groups in total. The SMILES string of the molecule is CCn1cncc1CC1C=CC=CC1Cc1ccc(-c2cccc3c2OC(C)(c2ccc(Cl)cc2F)O3)cc1. The number of benzene rings is 3. The first kappa shape index (κ1) is 25.4. The van der Waals surface area contributed by atoms with E-state index in [1.54, 1.807) is 19.1 Å². The van der Waals surface area contributed by atoms with Crippen LogP contribution < -0.4 is 9.47 Å². The van der Waals surface area contributed by atoms with Crippen molar-refractivity contribution in [1.82, 2.24) is 9.55 Å². The van der Waals surface area contributed by atoms with Crippen LogP contribution in [0.15, 0.2) is 97.5 Å². The second-order valence-electron chi connectivity index (χ2n) is 10.3. The van der Waals surface area contributed by atoms with Gasteiger partial charge < -0.3 is 14.0 Å². The summed E-state index contributed by atoms with van der Waals surface area (Å²) in [5.41, 5.74) is 4.77. The number of aryl methyl sites for hydroxylation is 1. The Morgan fingerprint density at radius 2 is 1.74 bits per heavy atom. The van der Waals surface area contributed by atoms with Crippen molar-refractivity contribution in [2.45, 2.75) is 39.0 Å². The normalized spacial score (nSPS) is 21.4. The standard InChI is InChI=1S/C33H30ClFN2O2/c1-3-37-21-36-20-27(37)18-25-8-5-4-7-24(25)17-22-11-13-23(14-12-22)28-9-6-10-31-32(28)39-33(2,38-31)29-16-15-26(34)19-30(29)35/h4-16,19-21,24-25H,3,17-18H2,1-2H3. The van der Waals surface area contributed by atoms with Gasteiger partial charge in [0.05, 0.1) is 11.9 Å². The number of nitrogens with zero attached hydrogens (tertiary/aromatic N) is 2. The van der Waals surface area contributed by atoms with Gasteiger partial charge in [0, 0.05) is 35.9 Å². The molecule has 4 aromatic rings. The van der Waals surface area contributed by atoms with E-state index in [-0.39, 0.29) is 0 Å². The number of halogens is 2. The van der Waals surface area contributed by atoms with Gasteiger partial charge in [-0.25, -0.2) is 9.37 Å². The van der Waals surface area contributed by atoms with E-state index in [4.69, 9.17) is 21.1 Å². The summed E-state index contributed by atoms with van der Waals surface area (Å²) in [6.45, 7) is 4.80. The van der Waals surface area contributed by atoms with E-state index in [0.29, 0.717) is 33.9 Å². The van der Waals surface area contributed by atoms with E-state index >= 15 is 0 Å². The van der Waals surface area contributed by atoms with Crippen molar-refractivity contribution in [3.8, 4) is 22.6 Å². The van der Waals surface area contributed by atoms with Crippen molar-refractivity contribution in [1.29, 1.82) is 0 Å². The molecule has 3 unspecified atom stereocenters. The maximum atomic E-state index is 14.7. The Balaban J connectivity index is 1.21. The highest BCUT2D eigenvalue weighted by molar-refractivity contribution is 6.30. The topological polar surface area (TPSA) is 36.3 Å². The number of fused-ring (bicyclic) bond motifs is 1. The lowest BCUT2D eigenvalue weighted by Crippen LogP contribution is -2.32. The van der Waals surface area contributed by atoms with Crippen molar-refractivity contribution in [2.75, 3.05) is 0 Å². The zero-order chi connectivity index (χ0) is 27.0. The Morgan fingerprint density at radius 1 is 0.974 bits per heavy atom. The number of imidazole rings is 1. The molecule has 0 saturated heterocycles. The van der Waals surface area contributed by atoms with Crippen LogP contribution in [0.25, 0.3) is 11.1 Å². The van der Waals surface area contributed by atoms with Gasteiger partial charge in [-0.15, -0.1) is 0 Å². The molecule has 0 amide bonds. The average molecular weight is 541 g/mol. The van der Waals surface area contributed by atoms with E-state index in [0.717, 1.165) is 30.5 Å². The molecule has 6 rings (SSSR count). The maximum absolute atomic E-state index is 14.7. The molecular weight excluding hydrogens is 511 g/mol. The number of hydrogen-bond donors (Lipinski definition) is 0. The second kappa shape index (κ2) is 10.4. The minimum Gasteiger partial charge on any atom is -0.444 e. The van der Waals surface area contributed by atoms with Crippen molar-refractivity contribution in [3.05, 3.63) is 125 Å². The molecule has 1 aromatic heterocycles. The lowest BCUT2D eigenvalue weighted by molar-refractivity contribution is -0.0705. The van der Waals surface area contributed by atoms with Gasteiger partial charge in [0.2, 0.25) is 0 Å². The first-order valence-electron chi connectivity index (χ1n) is 13.3. The summed E-state index contributed by atoms with van der Waals surface area (Å²) in [5, 5.41) is 0.328. The van der Waals surface area contributed by atoms with Crippen LogP contribution in [0.2, 0.25) is 5.02 Å². The summed E-state index contributed by atoms with van der Waals surface area (Å²) < 4.78 is 29.4. The first-order valence-corrected chi connectivity index (χ1v) is 13.7. The minimum absolute atomic E-state index is 0.301. The molecule has 0 spiro atoms. The van der Waals surface area contributed by atoms with Gasteiger partial charge >= 0.3 is 0 Å². The zero-order valence-electron chi connectivity index (χ0n) is 22.0. The lowest BCUT2D eigenvalue weighted by Gasteiger charge is -2.25. The zero-order valence-corrected chi connectivity index (χ0v) is 22.7. The van der Waals surface area contributed by atoms with E-state index in [1.807, 2.05) is 30.7 Å². The van der Waals surface area contributed by atoms with Gasteiger partial charge in [0.15, 0.2) is 11.5 Å². The van der Waals surface area contributed by atoms with Crippen LogP contribution in [0, 0.1) is 17.7 Å². The van der Waals surface area contributed by atoms with E-state index in [1.165, 1.54) is 17.3 Å². The van der Waals surface area contributed by atoms with Crippen molar-refractivity contribution < 1.29 is 13.9 Å². The largest absolute Gasteiger partial charge is 0.444 e. The van der Waals surface area contributed by atoms with Crippen LogP contribution in [0.3, 0.4) is 0 Å². The number of aromatic nitrogens is 2. The predicted octanol–water partition coefficient (Wildman–Crippen LogP) is 8.15. The molecule has 0 fully saturated rings. The summed E-state index contributed by atoms with van der Waals surface area (Å²) in [6.07, 6.45) is 14.8. The number of para-hydroxylation sites is 1. The molecule has 6 heteroatoms. The third-order valence-electron chi connectivity index (χ3n) is 7.70. The van der Waals surface area contributed by atoms with E-state index in [2.05, 4.69) is 65.0 Å². The highest BCUT2D eigenvalue weighted by Gasteiger charge is 2.42. The molecule has 0 saturated carbocycles. The quantitative estimate of drug-likeness (QED) is 0.237. The summed E-state index contributed by atoms with van der Waals surface area (Å²) >= 11 is 5.96. The Morgan fingerprint density at radius 3 is 2.49 bits per heavy atom. The highest BCUT2D eigenvalue weighted by Crippen LogP contribution is 2.49. The molecule has 1 aliphatic heterocycles. The monoisotopic (exact) mass is 540 g/mol. The Labute approximate surface area is 233 Å². The summed E-state index contributed by atoms with van der Waals surface area (Å²) in [6, 6.07) is 18.9. The fraction of sp³-hybridized carbons (Fsp3) is 0.242. The van der Waals surface area contributed by atoms with Crippen LogP contribution in [-0.2, 0) is 25.2 Å². The van der Waals surface area contributed by atoms with Gasteiger partial charge in [-0.05, 0) is 67.0 Å². The first-order chi connectivity index (χ1) is 18.9. The van der Waals surface area contributed by atoms with Crippen molar-refractivity contribution >= 4 is 11.6 Å². The number of allylic oxidation sites excluding steroid dienone is 4. The number of hydrogen-bond acceptors (Lipinski definition) is 3. The molecule has 39 heavy (non-hydrogen) atoms. The Bertz CT molecular complexity index is 1560. The molecule has 1 aliphatic carbocycles. The molecule has 198 valence electrons. The molecule has 0 radical (unpaired) electrons. The van der Waals surface area contributed by atoms with Crippen LogP contribution in [0.1, 0.15) is 30.7 Å². The van der Waals surface area contributed by atoms with Gasteiger partial charge in [0.1, 0.15) is 5.82 Å². The van der Waals surface area contributed by atoms with Gasteiger partial charge in [-0.1, -0.05) is 72.3 Å². The smallest absolute Gasteiger partial charge is 0.278 e. The van der Waals surface area contributed by atoms with Crippen LogP contribution >= 0.6 is 11.6 Å². The average Bonchev–Trinajstić information content (AvgIpc) is 3.53. The molecule has 2 heterocycles. The van der Waals surface area contributed by atoms with E-state index < -0.39 is 11.6 Å². The Kier molecular flexibility index (Phi) is 6.78. The third-order valence-corrected chi connectivity index (χ3v) is 7.93. The fourth-order valence-electron chi connectivity index (χ4n) is 5.60. The van der Waals surface area contributed by atoms with Crippen molar-refractivity contribution in [3.63, 3.8) is 0 Å². The number of rotatable bonds is 7. The molecule has 3 atom stereocenters. The van der Waals surface area contributed by atoms with Crippen LogP contribution in [0.4, 0.5) is 4.39 Å². The molecule has 4 nitrogen and oxygen atoms in total.